The molecular weight excluding hydrogens is 572 g/mol. The summed E-state index contributed by atoms with van der Waals surface area (Å²) in [7, 11) is -3.64. The second-order valence-corrected chi connectivity index (χ2v) is 11.7. The fraction of sp³-hybridized carbons (Fsp3) is 0.281. The third-order valence-corrected chi connectivity index (χ3v) is 7.88. The van der Waals surface area contributed by atoms with E-state index < -0.39 is 15.9 Å². The molecule has 43 heavy (non-hydrogen) atoms. The number of ether oxygens (including phenoxy) is 4. The number of sulfone groups is 1. The van der Waals surface area contributed by atoms with E-state index in [1.807, 2.05) is 30.3 Å². The fourth-order valence-corrected chi connectivity index (χ4v) is 5.50. The zero-order valence-electron chi connectivity index (χ0n) is 24.2. The lowest BCUT2D eigenvalue weighted by Gasteiger charge is -2.20. The quantitative estimate of drug-likeness (QED) is 0.174. The lowest BCUT2D eigenvalue weighted by Crippen LogP contribution is -2.31. The maximum absolute atomic E-state index is 12.6. The molecule has 0 aliphatic carbocycles. The summed E-state index contributed by atoms with van der Waals surface area (Å²) >= 11 is 0. The SMILES string of the molecule is CCN(CCOCCOC(N)=O)CCOc1ccc(Oc2c(-c3c(O)cccc3S(C)(=O)=O)ccc3ccccc23)cc1. The number of phenolic OH excluding ortho intramolecular Hbond substituents is 1. The maximum Gasteiger partial charge on any atom is 0.404 e. The van der Waals surface area contributed by atoms with Crippen molar-refractivity contribution in [3.63, 3.8) is 0 Å². The Kier molecular flexibility index (Phi) is 10.8. The Balaban J connectivity index is 1.45. The number of phenols is 1. The van der Waals surface area contributed by atoms with Gasteiger partial charge in [0, 0.05) is 35.9 Å². The van der Waals surface area contributed by atoms with E-state index in [-0.39, 0.29) is 29.4 Å². The molecule has 0 spiro atoms. The van der Waals surface area contributed by atoms with Gasteiger partial charge in [0.15, 0.2) is 9.84 Å². The fourth-order valence-electron chi connectivity index (χ4n) is 4.59. The molecule has 0 atom stereocenters. The summed E-state index contributed by atoms with van der Waals surface area (Å²) < 4.78 is 47.6. The van der Waals surface area contributed by atoms with Crippen molar-refractivity contribution in [2.75, 3.05) is 52.3 Å². The molecule has 3 N–H and O–H groups in total. The molecule has 11 heteroatoms. The highest BCUT2D eigenvalue weighted by Gasteiger charge is 2.22. The predicted octanol–water partition coefficient (Wildman–Crippen LogP) is 5.22. The van der Waals surface area contributed by atoms with E-state index >= 15 is 0 Å². The number of hydrogen-bond donors (Lipinski definition) is 2. The Morgan fingerprint density at radius 3 is 2.30 bits per heavy atom. The van der Waals surface area contributed by atoms with Gasteiger partial charge in [0.25, 0.3) is 0 Å². The summed E-state index contributed by atoms with van der Waals surface area (Å²) in [6.45, 7) is 5.64. The lowest BCUT2D eigenvalue weighted by atomic mass is 9.98. The molecule has 0 aliphatic rings. The van der Waals surface area contributed by atoms with Crippen molar-refractivity contribution in [2.24, 2.45) is 5.73 Å². The maximum atomic E-state index is 12.6. The van der Waals surface area contributed by atoms with Crippen molar-refractivity contribution in [3.8, 4) is 34.1 Å². The summed E-state index contributed by atoms with van der Waals surface area (Å²) in [5, 5.41) is 12.5. The zero-order chi connectivity index (χ0) is 30.8. The summed E-state index contributed by atoms with van der Waals surface area (Å²) in [4.78, 5) is 12.8. The minimum atomic E-state index is -3.64. The van der Waals surface area contributed by atoms with E-state index in [1.54, 1.807) is 30.3 Å². The molecule has 10 nitrogen and oxygen atoms in total. The summed E-state index contributed by atoms with van der Waals surface area (Å²) in [6, 6.07) is 22.9. The first-order valence-electron chi connectivity index (χ1n) is 13.8. The van der Waals surface area contributed by atoms with Crippen LogP contribution in [0.2, 0.25) is 0 Å². The summed E-state index contributed by atoms with van der Waals surface area (Å²) in [6.07, 6.45) is 0.299. The third-order valence-electron chi connectivity index (χ3n) is 6.74. The van der Waals surface area contributed by atoms with Gasteiger partial charge in [-0.3, -0.25) is 4.90 Å². The van der Waals surface area contributed by atoms with Crippen LogP contribution < -0.4 is 15.2 Å². The molecule has 0 bridgehead atoms. The molecule has 4 aromatic carbocycles. The standard InChI is InChI=1S/C32H36N2O8S/c1-3-34(17-19-39-21-22-41-32(33)36)18-20-40-24-12-14-25(15-13-24)42-31-26-8-5-4-7-23(26)11-16-27(31)30-28(35)9-6-10-29(30)43(2,37)38/h4-16,35H,3,17-22H2,1-2H3,(H2,33,36). The number of primary amides is 1. The molecule has 1 amide bonds. The summed E-state index contributed by atoms with van der Waals surface area (Å²) in [5.41, 5.74) is 5.57. The number of rotatable bonds is 15. The van der Waals surface area contributed by atoms with E-state index in [0.29, 0.717) is 49.1 Å². The van der Waals surface area contributed by atoms with E-state index in [9.17, 15) is 18.3 Å². The second-order valence-electron chi connectivity index (χ2n) is 9.72. The van der Waals surface area contributed by atoms with Gasteiger partial charge in [-0.1, -0.05) is 43.3 Å². The molecular formula is C32H36N2O8S. The highest BCUT2D eigenvalue weighted by Crippen LogP contribution is 2.45. The normalized spacial score (nSPS) is 11.5. The van der Waals surface area contributed by atoms with Gasteiger partial charge < -0.3 is 29.8 Å². The number of nitrogens with two attached hydrogens (primary N) is 1. The van der Waals surface area contributed by atoms with E-state index in [0.717, 1.165) is 23.6 Å². The monoisotopic (exact) mass is 608 g/mol. The first-order chi connectivity index (χ1) is 20.7. The highest BCUT2D eigenvalue weighted by atomic mass is 32.2. The average Bonchev–Trinajstić information content (AvgIpc) is 2.98. The van der Waals surface area contributed by atoms with Crippen LogP contribution in [0.1, 0.15) is 6.92 Å². The van der Waals surface area contributed by atoms with E-state index in [1.165, 1.54) is 18.2 Å². The minimum absolute atomic E-state index is 0.0150. The van der Waals surface area contributed by atoms with Gasteiger partial charge in [-0.25, -0.2) is 13.2 Å². The Morgan fingerprint density at radius 1 is 0.860 bits per heavy atom. The van der Waals surface area contributed by atoms with Gasteiger partial charge >= 0.3 is 6.09 Å². The number of likely N-dealkylation sites (N-methyl/N-ethyl adjacent to an activating group) is 1. The molecule has 4 aromatic rings. The van der Waals surface area contributed by atoms with E-state index in [4.69, 9.17) is 19.9 Å². The largest absolute Gasteiger partial charge is 0.507 e. The van der Waals surface area contributed by atoms with Crippen LogP contribution in [0, 0.1) is 0 Å². The highest BCUT2D eigenvalue weighted by molar-refractivity contribution is 7.90. The van der Waals surface area contributed by atoms with Gasteiger partial charge in [0.2, 0.25) is 0 Å². The molecule has 0 aromatic heterocycles. The van der Waals surface area contributed by atoms with Crippen molar-refractivity contribution < 1.29 is 37.3 Å². The number of benzene rings is 4. The molecule has 0 saturated carbocycles. The predicted molar refractivity (Wildman–Crippen MR) is 165 cm³/mol. The van der Waals surface area contributed by atoms with E-state index in [2.05, 4.69) is 16.6 Å². The number of aromatic hydroxyl groups is 1. The average molecular weight is 609 g/mol. The molecule has 0 saturated heterocycles. The number of nitrogens with zero attached hydrogens (tertiary/aromatic N) is 1. The van der Waals surface area contributed by atoms with Gasteiger partial charge in [-0.15, -0.1) is 0 Å². The van der Waals surface area contributed by atoms with Crippen LogP contribution in [0.15, 0.2) is 83.8 Å². The number of hydrogen-bond acceptors (Lipinski definition) is 9. The van der Waals surface area contributed by atoms with Gasteiger partial charge in [0.1, 0.15) is 36.2 Å². The lowest BCUT2D eigenvalue weighted by molar-refractivity contribution is 0.0617. The number of amides is 1. The van der Waals surface area contributed by atoms with Crippen molar-refractivity contribution in [2.45, 2.75) is 11.8 Å². The molecule has 0 heterocycles. The smallest absolute Gasteiger partial charge is 0.404 e. The topological polar surface area (TPSA) is 138 Å². The van der Waals surface area contributed by atoms with Crippen molar-refractivity contribution in [1.82, 2.24) is 4.90 Å². The van der Waals surface area contributed by atoms with Crippen molar-refractivity contribution in [1.29, 1.82) is 0 Å². The number of carbonyl (C=O) groups is 1. The Labute approximate surface area is 251 Å². The molecule has 0 unspecified atom stereocenters. The van der Waals surface area contributed by atoms with Crippen LogP contribution in [-0.4, -0.2) is 76.8 Å². The van der Waals surface area contributed by atoms with Crippen LogP contribution in [0.4, 0.5) is 4.79 Å². The third kappa shape index (κ3) is 8.60. The van der Waals surface area contributed by atoms with Gasteiger partial charge in [-0.05, 0) is 54.4 Å². The number of fused-ring (bicyclic) bond motifs is 1. The van der Waals surface area contributed by atoms with Gasteiger partial charge in [-0.2, -0.15) is 0 Å². The van der Waals surface area contributed by atoms with Crippen LogP contribution in [0.3, 0.4) is 0 Å². The Bertz CT molecular complexity index is 1640. The van der Waals surface area contributed by atoms with Gasteiger partial charge in [0.05, 0.1) is 18.1 Å². The van der Waals surface area contributed by atoms with Crippen LogP contribution in [0.25, 0.3) is 21.9 Å². The van der Waals surface area contributed by atoms with Crippen molar-refractivity contribution >= 4 is 26.7 Å². The minimum Gasteiger partial charge on any atom is -0.507 e. The molecule has 0 radical (unpaired) electrons. The molecule has 228 valence electrons. The first-order valence-corrected chi connectivity index (χ1v) is 15.7. The van der Waals surface area contributed by atoms with Crippen LogP contribution in [-0.2, 0) is 19.3 Å². The molecule has 0 fully saturated rings. The second kappa shape index (κ2) is 14.7. The Hall–Kier alpha value is -4.32. The Morgan fingerprint density at radius 2 is 1.58 bits per heavy atom. The van der Waals surface area contributed by atoms with Crippen molar-refractivity contribution in [3.05, 3.63) is 78.9 Å². The van der Waals surface area contributed by atoms with Crippen LogP contribution in [0.5, 0.6) is 23.0 Å². The number of carbonyl (C=O) groups excluding carboxylic acids is 1. The molecule has 4 rings (SSSR count). The van der Waals surface area contributed by atoms with Crippen LogP contribution >= 0.6 is 0 Å². The summed E-state index contributed by atoms with van der Waals surface area (Å²) in [5.74, 6) is 1.46. The zero-order valence-corrected chi connectivity index (χ0v) is 25.0. The molecule has 0 aliphatic heterocycles. The first kappa shape index (κ1) is 31.6.